The predicted octanol–water partition coefficient (Wildman–Crippen LogP) is 0.0837. The van der Waals surface area contributed by atoms with Crippen molar-refractivity contribution in [2.24, 2.45) is 11.8 Å². The molecule has 0 aliphatic carbocycles. The normalized spacial score (nSPS) is 30.4. The lowest BCUT2D eigenvalue weighted by Crippen LogP contribution is -2.45. The van der Waals surface area contributed by atoms with Crippen LogP contribution in [0, 0.1) is 17.7 Å². The van der Waals surface area contributed by atoms with Gasteiger partial charge in [-0.2, -0.15) is 0 Å². The fraction of sp³-hybridized carbons (Fsp3) is 0.286. The number of nitrogens with one attached hydrogen (secondary N) is 1. The number of rotatable bonds is 3. The topological polar surface area (TPSA) is 78.5 Å². The lowest BCUT2D eigenvalue weighted by molar-refractivity contribution is -0.313. The van der Waals surface area contributed by atoms with E-state index in [0.29, 0.717) is 0 Å². The zero-order chi connectivity index (χ0) is 14.3. The molecule has 0 saturated carbocycles. The van der Waals surface area contributed by atoms with E-state index in [1.54, 1.807) is 12.2 Å². The number of carboxylic acids is 1. The molecule has 2 heterocycles. The third-order valence-electron chi connectivity index (χ3n) is 3.57. The number of carbonyl (C=O) groups excluding carboxylic acids is 2. The van der Waals surface area contributed by atoms with Crippen molar-refractivity contribution in [2.45, 2.75) is 12.2 Å². The molecule has 0 unspecified atom stereocenters. The van der Waals surface area contributed by atoms with Gasteiger partial charge >= 0.3 is 0 Å². The van der Waals surface area contributed by atoms with Crippen LogP contribution in [0.3, 0.4) is 0 Å². The van der Waals surface area contributed by atoms with Gasteiger partial charge in [0.15, 0.2) is 0 Å². The highest BCUT2D eigenvalue weighted by Crippen LogP contribution is 2.39. The number of anilines is 1. The summed E-state index contributed by atoms with van der Waals surface area (Å²) in [5.74, 6) is -4.19. The first-order valence-electron chi connectivity index (χ1n) is 6.17. The summed E-state index contributed by atoms with van der Waals surface area (Å²) in [7, 11) is 0. The molecule has 0 radical (unpaired) electrons. The third kappa shape index (κ3) is 2.08. The zero-order valence-corrected chi connectivity index (χ0v) is 10.3. The second-order valence-corrected chi connectivity index (χ2v) is 4.82. The minimum atomic E-state index is -1.32. The standard InChI is InChI=1S/C14H12FNO4/c15-7-2-1-3-8(6-7)16-13(17)11-9-4-5-10(20-9)12(11)14(18)19/h1-6,9-12H,(H,16,17)(H,18,19)/p-1/t9-,10+,11+,12+/m1/s1. The summed E-state index contributed by atoms with van der Waals surface area (Å²) in [6.45, 7) is 0. The van der Waals surface area contributed by atoms with E-state index in [2.05, 4.69) is 5.32 Å². The number of hydrogen-bond donors (Lipinski definition) is 1. The molecule has 2 bridgehead atoms. The van der Waals surface area contributed by atoms with E-state index in [1.807, 2.05) is 0 Å². The highest BCUT2D eigenvalue weighted by Gasteiger charge is 2.50. The average molecular weight is 276 g/mol. The number of amides is 1. The van der Waals surface area contributed by atoms with Crippen LogP contribution in [0.4, 0.5) is 10.1 Å². The summed E-state index contributed by atoms with van der Waals surface area (Å²) >= 11 is 0. The van der Waals surface area contributed by atoms with Crippen LogP contribution in [0.2, 0.25) is 0 Å². The molecule has 1 N–H and O–H groups in total. The average Bonchev–Trinajstić information content (AvgIpc) is 2.98. The molecule has 20 heavy (non-hydrogen) atoms. The third-order valence-corrected chi connectivity index (χ3v) is 3.57. The predicted molar refractivity (Wildman–Crippen MR) is 64.8 cm³/mol. The fourth-order valence-corrected chi connectivity index (χ4v) is 2.69. The van der Waals surface area contributed by atoms with E-state index in [1.165, 1.54) is 18.2 Å². The Morgan fingerprint density at radius 2 is 1.90 bits per heavy atom. The van der Waals surface area contributed by atoms with E-state index in [4.69, 9.17) is 4.74 Å². The molecule has 3 rings (SSSR count). The van der Waals surface area contributed by atoms with Gasteiger partial charge in [-0.25, -0.2) is 4.39 Å². The lowest BCUT2D eigenvalue weighted by Gasteiger charge is -2.24. The van der Waals surface area contributed by atoms with Gasteiger partial charge in [-0.1, -0.05) is 18.2 Å². The van der Waals surface area contributed by atoms with Gasteiger partial charge in [0, 0.05) is 17.6 Å². The van der Waals surface area contributed by atoms with E-state index < -0.39 is 41.7 Å². The molecule has 104 valence electrons. The molecule has 1 aromatic carbocycles. The maximum Gasteiger partial charge on any atom is 0.231 e. The maximum absolute atomic E-state index is 13.1. The molecule has 4 atom stereocenters. The number of halogens is 1. The van der Waals surface area contributed by atoms with Crippen LogP contribution in [-0.4, -0.2) is 24.1 Å². The van der Waals surface area contributed by atoms with E-state index in [-0.39, 0.29) is 5.69 Å². The summed E-state index contributed by atoms with van der Waals surface area (Å²) in [5, 5.41) is 13.7. The van der Waals surface area contributed by atoms with Gasteiger partial charge in [0.1, 0.15) is 5.82 Å². The van der Waals surface area contributed by atoms with Crippen LogP contribution < -0.4 is 10.4 Å². The first-order valence-corrected chi connectivity index (χ1v) is 6.17. The molecule has 0 aromatic heterocycles. The van der Waals surface area contributed by atoms with Crippen molar-refractivity contribution in [1.29, 1.82) is 0 Å². The van der Waals surface area contributed by atoms with E-state index >= 15 is 0 Å². The largest absolute Gasteiger partial charge is 0.550 e. The molecule has 1 fully saturated rings. The minimum absolute atomic E-state index is 0.277. The van der Waals surface area contributed by atoms with Crippen molar-refractivity contribution in [3.63, 3.8) is 0 Å². The Kier molecular flexibility index (Phi) is 3.02. The number of aliphatic carboxylic acids is 1. The molecule has 1 aromatic rings. The molecular weight excluding hydrogens is 265 g/mol. The Hall–Kier alpha value is -2.21. The first kappa shape index (κ1) is 12.8. The SMILES string of the molecule is O=C([O-])[C@@H]1[C@@H](C(=O)Nc2cccc(F)c2)[C@H]2C=C[C@@H]1O2. The van der Waals surface area contributed by atoms with Crippen molar-refractivity contribution < 1.29 is 23.8 Å². The Morgan fingerprint density at radius 1 is 1.20 bits per heavy atom. The highest BCUT2D eigenvalue weighted by atomic mass is 19.1. The fourth-order valence-electron chi connectivity index (χ4n) is 2.69. The second-order valence-electron chi connectivity index (χ2n) is 4.82. The van der Waals surface area contributed by atoms with Crippen LogP contribution in [0.1, 0.15) is 0 Å². The number of hydrogen-bond acceptors (Lipinski definition) is 4. The summed E-state index contributed by atoms with van der Waals surface area (Å²) in [6.07, 6.45) is 2.08. The number of carbonyl (C=O) groups is 2. The monoisotopic (exact) mass is 276 g/mol. The Balaban J connectivity index is 1.80. The number of benzene rings is 1. The van der Waals surface area contributed by atoms with E-state index in [0.717, 1.165) is 6.07 Å². The van der Waals surface area contributed by atoms with Crippen molar-refractivity contribution in [3.05, 3.63) is 42.2 Å². The van der Waals surface area contributed by atoms with Gasteiger partial charge in [0.25, 0.3) is 0 Å². The molecule has 6 heteroatoms. The van der Waals surface area contributed by atoms with Crippen LogP contribution in [-0.2, 0) is 14.3 Å². The van der Waals surface area contributed by atoms with Crippen LogP contribution in [0.15, 0.2) is 36.4 Å². The van der Waals surface area contributed by atoms with Gasteiger partial charge in [0.2, 0.25) is 5.91 Å². The summed E-state index contributed by atoms with van der Waals surface area (Å²) in [6, 6.07) is 5.40. The molecule has 1 amide bonds. The summed E-state index contributed by atoms with van der Waals surface area (Å²) < 4.78 is 18.4. The zero-order valence-electron chi connectivity index (χ0n) is 10.3. The van der Waals surface area contributed by atoms with Gasteiger partial charge in [-0.15, -0.1) is 0 Å². The minimum Gasteiger partial charge on any atom is -0.550 e. The molecular formula is C14H11FNO4-. The summed E-state index contributed by atoms with van der Waals surface area (Å²) in [5.41, 5.74) is 0.277. The molecule has 2 aliphatic rings. The lowest BCUT2D eigenvalue weighted by atomic mass is 9.82. The Morgan fingerprint density at radius 3 is 2.55 bits per heavy atom. The molecule has 2 aliphatic heterocycles. The smallest absolute Gasteiger partial charge is 0.231 e. The van der Waals surface area contributed by atoms with Gasteiger partial charge in [-0.3, -0.25) is 4.79 Å². The first-order chi connectivity index (χ1) is 9.56. The number of ether oxygens (including phenoxy) is 1. The summed E-state index contributed by atoms with van der Waals surface area (Å²) in [4.78, 5) is 23.3. The molecule has 0 spiro atoms. The van der Waals surface area contributed by atoms with Crippen LogP contribution >= 0.6 is 0 Å². The van der Waals surface area contributed by atoms with Gasteiger partial charge in [0.05, 0.1) is 18.1 Å². The highest BCUT2D eigenvalue weighted by molar-refractivity contribution is 5.96. The number of carboxylic acid groups (broad SMARTS) is 1. The van der Waals surface area contributed by atoms with Crippen molar-refractivity contribution >= 4 is 17.6 Å². The van der Waals surface area contributed by atoms with Gasteiger partial charge in [-0.05, 0) is 18.2 Å². The Labute approximate surface area is 114 Å². The maximum atomic E-state index is 13.1. The van der Waals surface area contributed by atoms with Gasteiger partial charge < -0.3 is 20.0 Å². The molecule has 1 saturated heterocycles. The van der Waals surface area contributed by atoms with Crippen LogP contribution in [0.25, 0.3) is 0 Å². The Bertz CT molecular complexity index is 601. The van der Waals surface area contributed by atoms with E-state index in [9.17, 15) is 19.1 Å². The van der Waals surface area contributed by atoms with Crippen molar-refractivity contribution in [3.8, 4) is 0 Å². The quantitative estimate of drug-likeness (QED) is 0.793. The van der Waals surface area contributed by atoms with Crippen LogP contribution in [0.5, 0.6) is 0 Å². The van der Waals surface area contributed by atoms with Crippen molar-refractivity contribution in [1.82, 2.24) is 0 Å². The number of fused-ring (bicyclic) bond motifs is 2. The van der Waals surface area contributed by atoms with Crippen molar-refractivity contribution in [2.75, 3.05) is 5.32 Å². The molecule has 5 nitrogen and oxygen atoms in total. The second kappa shape index (κ2) is 4.72.